The van der Waals surface area contributed by atoms with Crippen LogP contribution in [0.15, 0.2) is 18.6 Å². The molecular weight excluding hydrogens is 288 g/mol. The van der Waals surface area contributed by atoms with E-state index >= 15 is 0 Å². The Morgan fingerprint density at radius 2 is 2.14 bits per heavy atom. The van der Waals surface area contributed by atoms with Crippen LogP contribution in [0, 0.1) is 0 Å². The van der Waals surface area contributed by atoms with Gasteiger partial charge in [-0.2, -0.15) is 5.10 Å². The van der Waals surface area contributed by atoms with E-state index in [0.29, 0.717) is 17.7 Å². The minimum absolute atomic E-state index is 0.206. The molecule has 0 aliphatic carbocycles. The van der Waals surface area contributed by atoms with Gasteiger partial charge in [-0.15, -0.1) is 11.3 Å². The van der Waals surface area contributed by atoms with E-state index in [1.807, 2.05) is 27.1 Å². The van der Waals surface area contributed by atoms with Crippen molar-refractivity contribution in [1.82, 2.24) is 20.1 Å². The first kappa shape index (κ1) is 15.7. The van der Waals surface area contributed by atoms with Gasteiger partial charge in [-0.05, 0) is 12.8 Å². The van der Waals surface area contributed by atoms with Gasteiger partial charge in [-0.1, -0.05) is 13.8 Å². The number of aryl methyl sites for hydroxylation is 1. The number of nitrogens with zero attached hydrogens (tertiary/aromatic N) is 3. The minimum Gasteiger partial charge on any atom is -0.388 e. The first-order chi connectivity index (χ1) is 9.97. The molecule has 2 rings (SSSR count). The second-order valence-electron chi connectivity index (χ2n) is 5.05. The van der Waals surface area contributed by atoms with Crippen molar-refractivity contribution < 1.29 is 9.90 Å². The van der Waals surface area contributed by atoms with E-state index in [1.54, 1.807) is 17.1 Å². The molecule has 6 nitrogen and oxygen atoms in total. The molecule has 0 radical (unpaired) electrons. The van der Waals surface area contributed by atoms with Gasteiger partial charge >= 0.3 is 0 Å². The maximum atomic E-state index is 12.1. The molecule has 1 amide bonds. The highest BCUT2D eigenvalue weighted by Gasteiger charge is 2.23. The predicted molar refractivity (Wildman–Crippen MR) is 82.2 cm³/mol. The predicted octanol–water partition coefficient (Wildman–Crippen LogP) is 1.82. The van der Waals surface area contributed by atoms with Gasteiger partial charge in [0.1, 0.15) is 9.88 Å². The molecule has 0 aliphatic rings. The molecule has 0 unspecified atom stereocenters. The number of aromatic nitrogens is 3. The highest BCUT2D eigenvalue weighted by Crippen LogP contribution is 2.24. The summed E-state index contributed by atoms with van der Waals surface area (Å²) in [7, 11) is 1.83. The fraction of sp³-hybridized carbons (Fsp3) is 0.500. The molecule has 0 fully saturated rings. The van der Waals surface area contributed by atoms with Gasteiger partial charge in [0.2, 0.25) is 0 Å². The average molecular weight is 308 g/mol. The van der Waals surface area contributed by atoms with Gasteiger partial charge in [0.05, 0.1) is 18.0 Å². The van der Waals surface area contributed by atoms with Crippen molar-refractivity contribution >= 4 is 17.2 Å². The number of carbonyl (C=O) groups is 1. The maximum absolute atomic E-state index is 12.1. The number of hydrogen-bond acceptors (Lipinski definition) is 5. The van der Waals surface area contributed by atoms with Crippen molar-refractivity contribution in [3.8, 4) is 10.6 Å². The second-order valence-corrected chi connectivity index (χ2v) is 6.08. The summed E-state index contributed by atoms with van der Waals surface area (Å²) < 4.78 is 1.69. The highest BCUT2D eigenvalue weighted by molar-refractivity contribution is 7.16. The molecule has 0 aliphatic heterocycles. The zero-order valence-corrected chi connectivity index (χ0v) is 13.3. The summed E-state index contributed by atoms with van der Waals surface area (Å²) in [5.41, 5.74) is 0.0483. The lowest BCUT2D eigenvalue weighted by Crippen LogP contribution is -2.41. The van der Waals surface area contributed by atoms with E-state index in [2.05, 4.69) is 15.4 Å². The monoisotopic (exact) mass is 308 g/mol. The lowest BCUT2D eigenvalue weighted by molar-refractivity contribution is 0.0314. The first-order valence-corrected chi connectivity index (χ1v) is 7.74. The normalized spacial score (nSPS) is 11.6. The topological polar surface area (TPSA) is 80.0 Å². The summed E-state index contributed by atoms with van der Waals surface area (Å²) in [6.45, 7) is 4.06. The van der Waals surface area contributed by atoms with Gasteiger partial charge in [-0.3, -0.25) is 9.48 Å². The van der Waals surface area contributed by atoms with Crippen molar-refractivity contribution in [3.63, 3.8) is 0 Å². The number of hydrogen-bond donors (Lipinski definition) is 2. The molecule has 0 aromatic carbocycles. The van der Waals surface area contributed by atoms with E-state index in [4.69, 9.17) is 0 Å². The Labute approximate surface area is 127 Å². The molecule has 0 saturated heterocycles. The van der Waals surface area contributed by atoms with Crippen molar-refractivity contribution in [2.45, 2.75) is 32.3 Å². The van der Waals surface area contributed by atoms with Gasteiger partial charge in [0, 0.05) is 25.4 Å². The average Bonchev–Trinajstić information content (AvgIpc) is 3.13. The number of rotatable bonds is 6. The lowest BCUT2D eigenvalue weighted by Gasteiger charge is -2.25. The standard InChI is InChI=1S/C14H20N4O2S/c1-4-14(20,5-2)9-16-12(19)11-7-15-13(21-11)10-6-17-18(3)8-10/h6-8,20H,4-5,9H2,1-3H3,(H,16,19). The molecular formula is C14H20N4O2S. The summed E-state index contributed by atoms with van der Waals surface area (Å²) in [5.74, 6) is -0.206. The molecule has 2 aromatic heterocycles. The van der Waals surface area contributed by atoms with E-state index in [1.165, 1.54) is 11.3 Å². The van der Waals surface area contributed by atoms with Crippen LogP contribution in [-0.2, 0) is 7.05 Å². The Bertz CT molecular complexity index is 616. The summed E-state index contributed by atoms with van der Waals surface area (Å²) in [6, 6.07) is 0. The van der Waals surface area contributed by atoms with Crippen LogP contribution in [0.2, 0.25) is 0 Å². The van der Waals surface area contributed by atoms with Crippen LogP contribution < -0.4 is 5.32 Å². The Balaban J connectivity index is 2.02. The van der Waals surface area contributed by atoms with Crippen molar-refractivity contribution in [1.29, 1.82) is 0 Å². The van der Waals surface area contributed by atoms with Crippen molar-refractivity contribution in [2.75, 3.05) is 6.54 Å². The molecule has 2 N–H and O–H groups in total. The Morgan fingerprint density at radius 3 is 2.71 bits per heavy atom. The van der Waals surface area contributed by atoms with Crippen LogP contribution in [0.1, 0.15) is 36.4 Å². The summed E-state index contributed by atoms with van der Waals surface area (Å²) >= 11 is 1.32. The van der Waals surface area contributed by atoms with Gasteiger partial charge in [0.25, 0.3) is 5.91 Å². The minimum atomic E-state index is -0.841. The second kappa shape index (κ2) is 6.36. The van der Waals surface area contributed by atoms with Crippen LogP contribution in [0.5, 0.6) is 0 Å². The van der Waals surface area contributed by atoms with Gasteiger partial charge < -0.3 is 10.4 Å². The Morgan fingerprint density at radius 1 is 1.43 bits per heavy atom. The molecule has 0 atom stereocenters. The molecule has 7 heteroatoms. The van der Waals surface area contributed by atoms with E-state index in [-0.39, 0.29) is 12.5 Å². The van der Waals surface area contributed by atoms with Gasteiger partial charge in [-0.25, -0.2) is 4.98 Å². The fourth-order valence-electron chi connectivity index (χ4n) is 1.88. The molecule has 2 aromatic rings. The maximum Gasteiger partial charge on any atom is 0.263 e. The van der Waals surface area contributed by atoms with Crippen LogP contribution in [-0.4, -0.2) is 37.9 Å². The Hall–Kier alpha value is -1.73. The smallest absolute Gasteiger partial charge is 0.263 e. The number of nitrogens with one attached hydrogen (secondary N) is 1. The quantitative estimate of drug-likeness (QED) is 0.853. The Kier molecular flexibility index (Phi) is 4.74. The number of carbonyl (C=O) groups excluding carboxylic acids is 1. The number of amides is 1. The van der Waals surface area contributed by atoms with Crippen molar-refractivity contribution in [3.05, 3.63) is 23.5 Å². The zero-order valence-electron chi connectivity index (χ0n) is 12.5. The van der Waals surface area contributed by atoms with Crippen LogP contribution in [0.4, 0.5) is 0 Å². The lowest BCUT2D eigenvalue weighted by atomic mass is 9.98. The van der Waals surface area contributed by atoms with Crippen LogP contribution in [0.3, 0.4) is 0 Å². The third-order valence-corrected chi connectivity index (χ3v) is 4.62. The van der Waals surface area contributed by atoms with Gasteiger partial charge in [0.15, 0.2) is 0 Å². The van der Waals surface area contributed by atoms with Crippen LogP contribution >= 0.6 is 11.3 Å². The summed E-state index contributed by atoms with van der Waals surface area (Å²) in [4.78, 5) is 16.9. The SMILES string of the molecule is CCC(O)(CC)CNC(=O)c1cnc(-c2cnn(C)c2)s1. The molecule has 21 heavy (non-hydrogen) atoms. The highest BCUT2D eigenvalue weighted by atomic mass is 32.1. The largest absolute Gasteiger partial charge is 0.388 e. The van der Waals surface area contributed by atoms with E-state index in [9.17, 15) is 9.90 Å². The van der Waals surface area contributed by atoms with Crippen molar-refractivity contribution in [2.24, 2.45) is 7.05 Å². The summed E-state index contributed by atoms with van der Waals surface area (Å²) in [5, 5.41) is 17.8. The van der Waals surface area contributed by atoms with Crippen LogP contribution in [0.25, 0.3) is 10.6 Å². The number of aliphatic hydroxyl groups is 1. The molecule has 0 saturated carbocycles. The fourth-order valence-corrected chi connectivity index (χ4v) is 2.68. The molecule has 0 bridgehead atoms. The zero-order chi connectivity index (χ0) is 15.5. The molecule has 0 spiro atoms. The van der Waals surface area contributed by atoms with E-state index < -0.39 is 5.60 Å². The molecule has 114 valence electrons. The van der Waals surface area contributed by atoms with E-state index in [0.717, 1.165) is 10.6 Å². The first-order valence-electron chi connectivity index (χ1n) is 6.93. The third-order valence-electron chi connectivity index (χ3n) is 3.58. The summed E-state index contributed by atoms with van der Waals surface area (Å²) in [6.07, 6.45) is 6.33. The number of thiazole rings is 1. The third kappa shape index (κ3) is 3.68. The molecule has 2 heterocycles.